The molecule has 4 rings (SSSR count). The van der Waals surface area contributed by atoms with E-state index >= 15 is 0 Å². The standard InChI is InChI=1S/C19H13Cl3N6O4S2/c1-28(9-15-23-16(27-32-15)10-3-2-4-11(20)7-10)34(30,31)19-26-25-18(33-19)24-17(29)13-6-5-12(21)8-14(13)22/h2-8H,9H2,1H3,(H,24,25,29). The monoisotopic (exact) mass is 558 g/mol. The molecule has 0 atom stereocenters. The Kier molecular flexibility index (Phi) is 7.17. The van der Waals surface area contributed by atoms with Gasteiger partial charge in [0.2, 0.25) is 21.2 Å². The zero-order chi connectivity index (χ0) is 24.5. The lowest BCUT2D eigenvalue weighted by Gasteiger charge is -2.11. The van der Waals surface area contributed by atoms with Crippen LogP contribution in [-0.4, -0.2) is 46.0 Å². The van der Waals surface area contributed by atoms with Gasteiger partial charge in [-0.3, -0.25) is 10.1 Å². The van der Waals surface area contributed by atoms with Gasteiger partial charge in [-0.25, -0.2) is 8.42 Å². The number of benzene rings is 2. The van der Waals surface area contributed by atoms with Crippen molar-refractivity contribution in [3.05, 3.63) is 69.0 Å². The Balaban J connectivity index is 1.46. The first kappa shape index (κ1) is 24.5. The molecule has 2 aromatic heterocycles. The minimum Gasteiger partial charge on any atom is -0.338 e. The molecular weight excluding hydrogens is 547 g/mol. The molecule has 0 radical (unpaired) electrons. The van der Waals surface area contributed by atoms with E-state index in [2.05, 4.69) is 25.7 Å². The van der Waals surface area contributed by atoms with E-state index < -0.39 is 15.9 Å². The average Bonchev–Trinajstić information content (AvgIpc) is 3.44. The lowest BCUT2D eigenvalue weighted by Crippen LogP contribution is -2.26. The van der Waals surface area contributed by atoms with Crippen LogP contribution in [0.25, 0.3) is 11.4 Å². The van der Waals surface area contributed by atoms with Gasteiger partial charge in [-0.2, -0.15) is 9.29 Å². The molecule has 0 fully saturated rings. The summed E-state index contributed by atoms with van der Waals surface area (Å²) in [4.78, 5) is 16.6. The van der Waals surface area contributed by atoms with Crippen LogP contribution >= 0.6 is 46.1 Å². The van der Waals surface area contributed by atoms with Gasteiger partial charge in [-0.1, -0.05) is 63.4 Å². The first-order chi connectivity index (χ1) is 16.1. The summed E-state index contributed by atoms with van der Waals surface area (Å²) in [6, 6.07) is 11.2. The molecule has 176 valence electrons. The largest absolute Gasteiger partial charge is 0.338 e. The van der Waals surface area contributed by atoms with Gasteiger partial charge < -0.3 is 4.52 Å². The number of halogens is 3. The summed E-state index contributed by atoms with van der Waals surface area (Å²) in [5.74, 6) is -0.254. The van der Waals surface area contributed by atoms with Crippen molar-refractivity contribution >= 4 is 67.2 Å². The van der Waals surface area contributed by atoms with Gasteiger partial charge in [0, 0.05) is 22.7 Å². The van der Waals surface area contributed by atoms with Gasteiger partial charge in [0.05, 0.1) is 17.1 Å². The molecule has 0 aliphatic carbocycles. The van der Waals surface area contributed by atoms with Gasteiger partial charge in [0.25, 0.3) is 15.9 Å². The van der Waals surface area contributed by atoms with Gasteiger partial charge in [-0.05, 0) is 30.3 Å². The minimum atomic E-state index is -4.06. The molecular formula is C19H13Cl3N6O4S2. The van der Waals surface area contributed by atoms with Crippen molar-refractivity contribution in [2.45, 2.75) is 10.9 Å². The Bertz CT molecular complexity index is 1470. The van der Waals surface area contributed by atoms with Crippen molar-refractivity contribution in [1.82, 2.24) is 24.6 Å². The maximum absolute atomic E-state index is 12.9. The Morgan fingerprint density at radius 2 is 1.88 bits per heavy atom. The minimum absolute atomic E-state index is 0.0241. The van der Waals surface area contributed by atoms with Crippen LogP contribution in [0.1, 0.15) is 16.2 Å². The molecule has 15 heteroatoms. The summed E-state index contributed by atoms with van der Waals surface area (Å²) in [6.07, 6.45) is 0. The molecule has 4 aromatic rings. The molecule has 1 amide bonds. The van der Waals surface area contributed by atoms with Crippen molar-refractivity contribution in [2.75, 3.05) is 12.4 Å². The van der Waals surface area contributed by atoms with E-state index in [-0.39, 0.29) is 38.3 Å². The second-order valence-electron chi connectivity index (χ2n) is 6.73. The third kappa shape index (κ3) is 5.37. The Morgan fingerprint density at radius 1 is 1.12 bits per heavy atom. The zero-order valence-electron chi connectivity index (χ0n) is 17.1. The van der Waals surface area contributed by atoms with E-state index in [4.69, 9.17) is 39.3 Å². The second kappa shape index (κ2) is 9.94. The molecule has 0 unspecified atom stereocenters. The van der Waals surface area contributed by atoms with Crippen LogP contribution in [0.3, 0.4) is 0 Å². The van der Waals surface area contributed by atoms with E-state index in [1.807, 2.05) is 0 Å². The molecule has 10 nitrogen and oxygen atoms in total. The number of carbonyl (C=O) groups is 1. The zero-order valence-corrected chi connectivity index (χ0v) is 21.0. The van der Waals surface area contributed by atoms with Crippen molar-refractivity contribution in [1.29, 1.82) is 0 Å². The normalized spacial score (nSPS) is 11.7. The number of hydrogen-bond donors (Lipinski definition) is 1. The lowest BCUT2D eigenvalue weighted by molar-refractivity contribution is 0.102. The predicted molar refractivity (Wildman–Crippen MR) is 128 cm³/mol. The number of aromatic nitrogens is 4. The van der Waals surface area contributed by atoms with Gasteiger partial charge in [-0.15, -0.1) is 10.2 Å². The number of amides is 1. The predicted octanol–water partition coefficient (Wildman–Crippen LogP) is 4.62. The van der Waals surface area contributed by atoms with E-state index in [1.54, 1.807) is 24.3 Å². The highest BCUT2D eigenvalue weighted by Crippen LogP contribution is 2.26. The Hall–Kier alpha value is -2.61. The molecule has 0 aliphatic heterocycles. The van der Waals surface area contributed by atoms with Gasteiger partial charge in [0.15, 0.2) is 0 Å². The Labute approximate surface area is 212 Å². The summed E-state index contributed by atoms with van der Waals surface area (Å²) in [7, 11) is -2.73. The van der Waals surface area contributed by atoms with Crippen molar-refractivity contribution < 1.29 is 17.7 Å². The molecule has 0 aliphatic rings. The van der Waals surface area contributed by atoms with Gasteiger partial charge >= 0.3 is 0 Å². The maximum atomic E-state index is 12.9. The maximum Gasteiger partial charge on any atom is 0.272 e. The van der Waals surface area contributed by atoms with Gasteiger partial charge in [0.1, 0.15) is 0 Å². The highest BCUT2D eigenvalue weighted by Gasteiger charge is 2.28. The van der Waals surface area contributed by atoms with Crippen molar-refractivity contribution in [2.24, 2.45) is 0 Å². The molecule has 0 saturated heterocycles. The quantitative estimate of drug-likeness (QED) is 0.325. The topological polar surface area (TPSA) is 131 Å². The van der Waals surface area contributed by atoms with E-state index in [0.29, 0.717) is 26.9 Å². The fraction of sp³-hybridized carbons (Fsp3) is 0.105. The van der Waals surface area contributed by atoms with Crippen molar-refractivity contribution in [3.8, 4) is 11.4 Å². The molecule has 1 N–H and O–H groups in total. The Morgan fingerprint density at radius 3 is 2.62 bits per heavy atom. The average molecular weight is 560 g/mol. The second-order valence-corrected chi connectivity index (χ2v) is 11.2. The highest BCUT2D eigenvalue weighted by molar-refractivity contribution is 7.91. The van der Waals surface area contributed by atoms with E-state index in [0.717, 1.165) is 4.31 Å². The van der Waals surface area contributed by atoms with Crippen LogP contribution in [-0.2, 0) is 16.6 Å². The van der Waals surface area contributed by atoms with Crippen LogP contribution in [0.2, 0.25) is 15.1 Å². The molecule has 0 spiro atoms. The summed E-state index contributed by atoms with van der Waals surface area (Å²) in [5.41, 5.74) is 0.771. The molecule has 2 heterocycles. The number of hydrogen-bond acceptors (Lipinski definition) is 9. The molecule has 0 bridgehead atoms. The van der Waals surface area contributed by atoms with Crippen LogP contribution in [0, 0.1) is 0 Å². The number of nitrogens with one attached hydrogen (secondary N) is 1. The summed E-state index contributed by atoms with van der Waals surface area (Å²) < 4.78 is 31.6. The third-order valence-corrected chi connectivity index (χ3v) is 8.11. The molecule has 0 saturated carbocycles. The smallest absolute Gasteiger partial charge is 0.272 e. The van der Waals surface area contributed by atoms with Crippen molar-refractivity contribution in [3.63, 3.8) is 0 Å². The lowest BCUT2D eigenvalue weighted by atomic mass is 10.2. The summed E-state index contributed by atoms with van der Waals surface area (Å²) >= 11 is 18.5. The SMILES string of the molecule is CN(Cc1nc(-c2cccc(Cl)c2)no1)S(=O)(=O)c1nnc(NC(=O)c2ccc(Cl)cc2Cl)s1. The third-order valence-electron chi connectivity index (χ3n) is 4.34. The highest BCUT2D eigenvalue weighted by atomic mass is 35.5. The number of nitrogens with zero attached hydrogens (tertiary/aromatic N) is 5. The molecule has 34 heavy (non-hydrogen) atoms. The first-order valence-corrected chi connectivity index (χ1v) is 12.7. The molecule has 2 aromatic carbocycles. The van der Waals surface area contributed by atoms with E-state index in [9.17, 15) is 13.2 Å². The van der Waals surface area contributed by atoms with Crippen LogP contribution in [0.5, 0.6) is 0 Å². The first-order valence-electron chi connectivity index (χ1n) is 9.28. The van der Waals surface area contributed by atoms with Crippen LogP contribution in [0.15, 0.2) is 51.3 Å². The fourth-order valence-corrected chi connectivity index (χ4v) is 5.56. The number of rotatable bonds is 7. The number of sulfonamides is 1. The number of anilines is 1. The van der Waals surface area contributed by atoms with Crippen LogP contribution in [0.4, 0.5) is 5.13 Å². The fourth-order valence-electron chi connectivity index (χ4n) is 2.68. The summed E-state index contributed by atoms with van der Waals surface area (Å²) in [6.45, 7) is -0.211. The van der Waals surface area contributed by atoms with Crippen LogP contribution < -0.4 is 5.32 Å². The number of carbonyl (C=O) groups excluding carboxylic acids is 1. The summed E-state index contributed by atoms with van der Waals surface area (Å²) in [5, 5.41) is 14.7. The van der Waals surface area contributed by atoms with E-state index in [1.165, 1.54) is 25.2 Å².